The highest BCUT2D eigenvalue weighted by Gasteiger charge is 2.12. The number of hydrogen-bond donors (Lipinski definition) is 2. The van der Waals surface area contributed by atoms with E-state index in [0.717, 1.165) is 6.54 Å². The van der Waals surface area contributed by atoms with Crippen molar-refractivity contribution in [3.05, 3.63) is 35.6 Å². The Labute approximate surface area is 102 Å². The van der Waals surface area contributed by atoms with Crippen LogP contribution in [-0.4, -0.2) is 36.2 Å². The molecule has 0 spiro atoms. The molecule has 0 aromatic heterocycles. The molecule has 1 aromatic rings. The summed E-state index contributed by atoms with van der Waals surface area (Å²) in [4.78, 5) is 1.99. The number of aliphatic hydroxyl groups excluding tert-OH is 1. The standard InChI is InChI=1S/C13H21FN2O/c1-10(17)9-16(2)8-7-13(15)11-5-3-4-6-12(11)14/h3-6,10,13,17H,7-9,15H2,1-2H3. The van der Waals surface area contributed by atoms with Crippen LogP contribution in [0.25, 0.3) is 0 Å². The van der Waals surface area contributed by atoms with E-state index in [-0.39, 0.29) is 18.0 Å². The zero-order valence-corrected chi connectivity index (χ0v) is 10.4. The average Bonchev–Trinajstić information content (AvgIpc) is 2.25. The minimum absolute atomic E-state index is 0.252. The topological polar surface area (TPSA) is 49.5 Å². The molecule has 0 fully saturated rings. The van der Waals surface area contributed by atoms with Crippen LogP contribution in [-0.2, 0) is 0 Å². The lowest BCUT2D eigenvalue weighted by atomic mass is 10.0. The van der Waals surface area contributed by atoms with Crippen molar-refractivity contribution in [3.63, 3.8) is 0 Å². The average molecular weight is 240 g/mol. The minimum Gasteiger partial charge on any atom is -0.392 e. The van der Waals surface area contributed by atoms with E-state index in [2.05, 4.69) is 0 Å². The van der Waals surface area contributed by atoms with Gasteiger partial charge in [0.1, 0.15) is 5.82 Å². The smallest absolute Gasteiger partial charge is 0.127 e. The Hall–Kier alpha value is -0.970. The Balaban J connectivity index is 2.45. The van der Waals surface area contributed by atoms with Gasteiger partial charge in [0, 0.05) is 18.2 Å². The van der Waals surface area contributed by atoms with Crippen molar-refractivity contribution >= 4 is 0 Å². The van der Waals surface area contributed by atoms with E-state index < -0.39 is 0 Å². The molecule has 1 aromatic carbocycles. The molecule has 96 valence electrons. The fraction of sp³-hybridized carbons (Fsp3) is 0.538. The van der Waals surface area contributed by atoms with Gasteiger partial charge >= 0.3 is 0 Å². The molecular weight excluding hydrogens is 219 g/mol. The number of rotatable bonds is 6. The lowest BCUT2D eigenvalue weighted by Gasteiger charge is -2.20. The Kier molecular flexibility index (Phi) is 5.55. The van der Waals surface area contributed by atoms with E-state index in [4.69, 9.17) is 5.73 Å². The highest BCUT2D eigenvalue weighted by atomic mass is 19.1. The first kappa shape index (κ1) is 14.1. The number of benzene rings is 1. The van der Waals surface area contributed by atoms with Crippen LogP contribution in [0.1, 0.15) is 24.9 Å². The normalized spacial score (nSPS) is 14.9. The lowest BCUT2D eigenvalue weighted by Crippen LogP contribution is -2.30. The maximum Gasteiger partial charge on any atom is 0.127 e. The van der Waals surface area contributed by atoms with Crippen molar-refractivity contribution in [2.75, 3.05) is 20.1 Å². The largest absolute Gasteiger partial charge is 0.392 e. The first-order valence-corrected chi connectivity index (χ1v) is 5.87. The van der Waals surface area contributed by atoms with Gasteiger partial charge in [-0.15, -0.1) is 0 Å². The summed E-state index contributed by atoms with van der Waals surface area (Å²) in [6, 6.07) is 6.29. The molecule has 0 heterocycles. The molecule has 0 aliphatic rings. The highest BCUT2D eigenvalue weighted by molar-refractivity contribution is 5.20. The Morgan fingerprint density at radius 1 is 1.41 bits per heavy atom. The monoisotopic (exact) mass is 240 g/mol. The number of aliphatic hydroxyl groups is 1. The highest BCUT2D eigenvalue weighted by Crippen LogP contribution is 2.17. The summed E-state index contributed by atoms with van der Waals surface area (Å²) in [5.74, 6) is -0.252. The molecule has 2 unspecified atom stereocenters. The molecule has 0 aliphatic carbocycles. The summed E-state index contributed by atoms with van der Waals surface area (Å²) in [5.41, 5.74) is 6.50. The van der Waals surface area contributed by atoms with Crippen molar-refractivity contribution in [3.8, 4) is 0 Å². The van der Waals surface area contributed by atoms with Crippen LogP contribution in [0.15, 0.2) is 24.3 Å². The van der Waals surface area contributed by atoms with Crippen LogP contribution >= 0.6 is 0 Å². The molecule has 1 rings (SSSR count). The van der Waals surface area contributed by atoms with E-state index in [1.54, 1.807) is 25.1 Å². The van der Waals surface area contributed by atoms with Crippen LogP contribution in [0.4, 0.5) is 4.39 Å². The fourth-order valence-corrected chi connectivity index (χ4v) is 1.83. The van der Waals surface area contributed by atoms with E-state index in [1.165, 1.54) is 6.07 Å². The molecule has 3 N–H and O–H groups in total. The molecular formula is C13H21FN2O. The third kappa shape index (κ3) is 4.81. The van der Waals surface area contributed by atoms with Crippen LogP contribution in [0.3, 0.4) is 0 Å². The summed E-state index contributed by atoms with van der Waals surface area (Å²) in [7, 11) is 1.92. The Bertz CT molecular complexity index is 344. The molecule has 0 radical (unpaired) electrons. The first-order chi connectivity index (χ1) is 8.00. The van der Waals surface area contributed by atoms with Gasteiger partial charge in [0.2, 0.25) is 0 Å². The summed E-state index contributed by atoms with van der Waals surface area (Å²) in [6.45, 7) is 3.08. The van der Waals surface area contributed by atoms with Gasteiger partial charge in [-0.05, 0) is 33.0 Å². The van der Waals surface area contributed by atoms with Crippen LogP contribution in [0, 0.1) is 5.82 Å². The van der Waals surface area contributed by atoms with Crippen molar-refractivity contribution in [1.82, 2.24) is 4.90 Å². The maximum absolute atomic E-state index is 13.4. The Morgan fingerprint density at radius 3 is 2.65 bits per heavy atom. The van der Waals surface area contributed by atoms with E-state index in [0.29, 0.717) is 18.5 Å². The van der Waals surface area contributed by atoms with Crippen molar-refractivity contribution in [1.29, 1.82) is 0 Å². The van der Waals surface area contributed by atoms with Crippen LogP contribution < -0.4 is 5.73 Å². The second kappa shape index (κ2) is 6.69. The molecule has 17 heavy (non-hydrogen) atoms. The van der Waals surface area contributed by atoms with Gasteiger partial charge < -0.3 is 15.7 Å². The van der Waals surface area contributed by atoms with E-state index in [1.807, 2.05) is 11.9 Å². The third-order valence-corrected chi connectivity index (χ3v) is 2.70. The van der Waals surface area contributed by atoms with Gasteiger partial charge in [-0.25, -0.2) is 4.39 Å². The number of likely N-dealkylation sites (N-methyl/N-ethyl adjacent to an activating group) is 1. The zero-order valence-electron chi connectivity index (χ0n) is 10.4. The van der Waals surface area contributed by atoms with Gasteiger partial charge in [0.15, 0.2) is 0 Å². The second-order valence-electron chi connectivity index (χ2n) is 4.53. The molecule has 3 nitrogen and oxygen atoms in total. The number of nitrogens with zero attached hydrogens (tertiary/aromatic N) is 1. The van der Waals surface area contributed by atoms with Crippen molar-refractivity contribution in [2.24, 2.45) is 5.73 Å². The third-order valence-electron chi connectivity index (χ3n) is 2.70. The van der Waals surface area contributed by atoms with Crippen molar-refractivity contribution < 1.29 is 9.50 Å². The molecule has 0 bridgehead atoms. The second-order valence-corrected chi connectivity index (χ2v) is 4.53. The SMILES string of the molecule is CC(O)CN(C)CCC(N)c1ccccc1F. The summed E-state index contributed by atoms with van der Waals surface area (Å²) >= 11 is 0. The first-order valence-electron chi connectivity index (χ1n) is 5.87. The van der Waals surface area contributed by atoms with Crippen LogP contribution in [0.2, 0.25) is 0 Å². The van der Waals surface area contributed by atoms with Crippen LogP contribution in [0.5, 0.6) is 0 Å². The van der Waals surface area contributed by atoms with Gasteiger partial charge in [-0.3, -0.25) is 0 Å². The molecule has 0 saturated carbocycles. The Morgan fingerprint density at radius 2 is 2.06 bits per heavy atom. The quantitative estimate of drug-likeness (QED) is 0.792. The summed E-state index contributed by atoms with van der Waals surface area (Å²) in [6.07, 6.45) is 0.314. The molecule has 0 saturated heterocycles. The lowest BCUT2D eigenvalue weighted by molar-refractivity contribution is 0.139. The maximum atomic E-state index is 13.4. The van der Waals surface area contributed by atoms with Gasteiger partial charge in [-0.1, -0.05) is 18.2 Å². The fourth-order valence-electron chi connectivity index (χ4n) is 1.83. The summed E-state index contributed by atoms with van der Waals surface area (Å²) in [5, 5.41) is 9.22. The molecule has 2 atom stereocenters. The van der Waals surface area contributed by atoms with Gasteiger partial charge in [0.25, 0.3) is 0 Å². The number of nitrogens with two attached hydrogens (primary N) is 1. The summed E-state index contributed by atoms with van der Waals surface area (Å²) < 4.78 is 13.4. The van der Waals surface area contributed by atoms with Crippen molar-refractivity contribution in [2.45, 2.75) is 25.5 Å². The molecule has 0 amide bonds. The zero-order chi connectivity index (χ0) is 12.8. The van der Waals surface area contributed by atoms with E-state index >= 15 is 0 Å². The predicted molar refractivity (Wildman–Crippen MR) is 67.1 cm³/mol. The number of halogens is 1. The molecule has 4 heteroatoms. The van der Waals surface area contributed by atoms with E-state index in [9.17, 15) is 9.50 Å². The molecule has 0 aliphatic heterocycles. The van der Waals surface area contributed by atoms with Gasteiger partial charge in [0.05, 0.1) is 6.10 Å². The predicted octanol–water partition coefficient (Wildman–Crippen LogP) is 1.53. The van der Waals surface area contributed by atoms with Gasteiger partial charge in [-0.2, -0.15) is 0 Å². The minimum atomic E-state index is -0.357. The number of hydrogen-bond acceptors (Lipinski definition) is 3.